The molecular formula is C13H17NO3S. The number of benzene rings is 1. The number of anilines is 1. The first-order valence-electron chi connectivity index (χ1n) is 5.85. The second-order valence-corrected chi connectivity index (χ2v) is 5.10. The zero-order valence-electron chi connectivity index (χ0n) is 10.5. The molecule has 0 aromatic heterocycles. The van der Waals surface area contributed by atoms with Gasteiger partial charge in [0.15, 0.2) is 0 Å². The minimum atomic E-state index is -0.865. The normalized spacial score (nSPS) is 19.2. The predicted molar refractivity (Wildman–Crippen MR) is 72.8 cm³/mol. The van der Waals surface area contributed by atoms with E-state index in [1.54, 1.807) is 7.11 Å². The number of carbonyl (C=O) groups is 1. The van der Waals surface area contributed by atoms with E-state index in [0.717, 1.165) is 30.1 Å². The molecule has 1 saturated heterocycles. The number of aromatic carboxylic acids is 1. The van der Waals surface area contributed by atoms with Crippen molar-refractivity contribution in [3.8, 4) is 0 Å². The Bertz CT molecular complexity index is 450. The van der Waals surface area contributed by atoms with Crippen LogP contribution in [0.15, 0.2) is 23.1 Å². The highest BCUT2D eigenvalue weighted by Crippen LogP contribution is 2.32. The molecule has 0 saturated carbocycles. The van der Waals surface area contributed by atoms with Gasteiger partial charge in [0, 0.05) is 25.1 Å². The molecule has 0 spiro atoms. The summed E-state index contributed by atoms with van der Waals surface area (Å²) in [6.07, 6.45) is 3.04. The van der Waals surface area contributed by atoms with E-state index in [-0.39, 0.29) is 6.10 Å². The molecule has 98 valence electrons. The molecule has 0 amide bonds. The first-order valence-corrected chi connectivity index (χ1v) is 7.08. The van der Waals surface area contributed by atoms with Gasteiger partial charge >= 0.3 is 5.97 Å². The molecular weight excluding hydrogens is 250 g/mol. The molecule has 1 aromatic carbocycles. The standard InChI is InChI=1S/C13H17NO3S/c1-17-9-6-7-14(8-9)10-4-3-5-11(18-2)12(10)13(15)16/h3-5,9H,6-8H2,1-2H3,(H,15,16). The molecule has 0 bridgehead atoms. The molecule has 4 nitrogen and oxygen atoms in total. The van der Waals surface area contributed by atoms with Gasteiger partial charge in [0.25, 0.3) is 0 Å². The number of carboxylic acid groups (broad SMARTS) is 1. The molecule has 18 heavy (non-hydrogen) atoms. The molecule has 1 heterocycles. The lowest BCUT2D eigenvalue weighted by molar-refractivity contribution is 0.0693. The third-order valence-electron chi connectivity index (χ3n) is 3.26. The van der Waals surface area contributed by atoms with E-state index in [0.29, 0.717) is 5.56 Å². The van der Waals surface area contributed by atoms with E-state index >= 15 is 0 Å². The first-order chi connectivity index (χ1) is 8.67. The highest BCUT2D eigenvalue weighted by Gasteiger charge is 2.26. The Morgan fingerprint density at radius 2 is 2.33 bits per heavy atom. The second-order valence-electron chi connectivity index (χ2n) is 4.25. The topological polar surface area (TPSA) is 49.8 Å². The molecule has 1 aliphatic rings. The minimum absolute atomic E-state index is 0.199. The van der Waals surface area contributed by atoms with Crippen molar-refractivity contribution < 1.29 is 14.6 Å². The van der Waals surface area contributed by atoms with Gasteiger partial charge in [0.1, 0.15) is 0 Å². The van der Waals surface area contributed by atoms with Crippen LogP contribution in [0.25, 0.3) is 0 Å². The Morgan fingerprint density at radius 3 is 2.89 bits per heavy atom. The third-order valence-corrected chi connectivity index (χ3v) is 4.04. The summed E-state index contributed by atoms with van der Waals surface area (Å²) in [5.41, 5.74) is 1.20. The van der Waals surface area contributed by atoms with E-state index in [1.807, 2.05) is 24.5 Å². The van der Waals surface area contributed by atoms with Crippen LogP contribution in [0.4, 0.5) is 5.69 Å². The number of nitrogens with zero attached hydrogens (tertiary/aromatic N) is 1. The van der Waals surface area contributed by atoms with Crippen LogP contribution in [0, 0.1) is 0 Å². The van der Waals surface area contributed by atoms with Crippen molar-refractivity contribution in [3.05, 3.63) is 23.8 Å². The summed E-state index contributed by atoms with van der Waals surface area (Å²) < 4.78 is 5.33. The van der Waals surface area contributed by atoms with Crippen molar-refractivity contribution in [1.82, 2.24) is 0 Å². The number of thioether (sulfide) groups is 1. The smallest absolute Gasteiger partial charge is 0.338 e. The highest BCUT2D eigenvalue weighted by molar-refractivity contribution is 7.98. The number of hydrogen-bond donors (Lipinski definition) is 1. The van der Waals surface area contributed by atoms with Crippen LogP contribution in [0.2, 0.25) is 0 Å². The van der Waals surface area contributed by atoms with Gasteiger partial charge in [-0.2, -0.15) is 0 Å². The Kier molecular flexibility index (Phi) is 4.14. The summed E-state index contributed by atoms with van der Waals surface area (Å²) in [4.78, 5) is 14.3. The zero-order valence-corrected chi connectivity index (χ0v) is 11.4. The zero-order chi connectivity index (χ0) is 13.1. The van der Waals surface area contributed by atoms with Crippen molar-refractivity contribution in [2.24, 2.45) is 0 Å². The summed E-state index contributed by atoms with van der Waals surface area (Å²) in [6.45, 7) is 1.60. The van der Waals surface area contributed by atoms with Gasteiger partial charge in [-0.15, -0.1) is 11.8 Å². The van der Waals surface area contributed by atoms with Crippen LogP contribution in [-0.4, -0.2) is 43.6 Å². The maximum absolute atomic E-state index is 11.4. The largest absolute Gasteiger partial charge is 0.478 e. The average Bonchev–Trinajstić information content (AvgIpc) is 2.86. The Balaban J connectivity index is 2.36. The maximum Gasteiger partial charge on any atom is 0.338 e. The van der Waals surface area contributed by atoms with Crippen molar-refractivity contribution in [2.75, 3.05) is 31.4 Å². The van der Waals surface area contributed by atoms with Crippen LogP contribution in [0.3, 0.4) is 0 Å². The lowest BCUT2D eigenvalue weighted by Crippen LogP contribution is -2.24. The summed E-state index contributed by atoms with van der Waals surface area (Å²) in [5.74, 6) is -0.865. The predicted octanol–water partition coefficient (Wildman–Crippen LogP) is 2.33. The molecule has 2 rings (SSSR count). The third kappa shape index (κ3) is 2.47. The fourth-order valence-corrected chi connectivity index (χ4v) is 2.92. The van der Waals surface area contributed by atoms with E-state index < -0.39 is 5.97 Å². The van der Waals surface area contributed by atoms with Crippen LogP contribution in [0.1, 0.15) is 16.8 Å². The molecule has 1 unspecified atom stereocenters. The van der Waals surface area contributed by atoms with Gasteiger partial charge in [-0.1, -0.05) is 6.07 Å². The Labute approximate surface area is 111 Å². The molecule has 1 fully saturated rings. The van der Waals surface area contributed by atoms with Gasteiger partial charge in [0.2, 0.25) is 0 Å². The lowest BCUT2D eigenvalue weighted by Gasteiger charge is -2.21. The number of methoxy groups -OCH3 is 1. The van der Waals surface area contributed by atoms with Crippen LogP contribution < -0.4 is 4.90 Å². The summed E-state index contributed by atoms with van der Waals surface area (Å²) in [6, 6.07) is 5.64. The van der Waals surface area contributed by atoms with Gasteiger partial charge < -0.3 is 14.7 Å². The summed E-state index contributed by atoms with van der Waals surface area (Å²) in [7, 11) is 1.70. The molecule has 1 atom stereocenters. The van der Waals surface area contributed by atoms with Crippen LogP contribution in [0.5, 0.6) is 0 Å². The molecule has 1 aromatic rings. The quantitative estimate of drug-likeness (QED) is 0.848. The monoisotopic (exact) mass is 267 g/mol. The average molecular weight is 267 g/mol. The molecule has 1 N–H and O–H groups in total. The Hall–Kier alpha value is -1.20. The van der Waals surface area contributed by atoms with Crippen LogP contribution in [-0.2, 0) is 4.74 Å². The van der Waals surface area contributed by atoms with Crippen molar-refractivity contribution in [3.63, 3.8) is 0 Å². The van der Waals surface area contributed by atoms with Gasteiger partial charge in [-0.3, -0.25) is 0 Å². The minimum Gasteiger partial charge on any atom is -0.478 e. The fourth-order valence-electron chi connectivity index (χ4n) is 2.31. The number of ether oxygens (including phenoxy) is 1. The molecule has 0 aliphatic carbocycles. The maximum atomic E-state index is 11.4. The van der Waals surface area contributed by atoms with Crippen LogP contribution >= 0.6 is 11.8 Å². The van der Waals surface area contributed by atoms with E-state index in [1.165, 1.54) is 11.8 Å². The second kappa shape index (κ2) is 5.63. The number of carboxylic acids is 1. The van der Waals surface area contributed by atoms with Crippen molar-refractivity contribution in [1.29, 1.82) is 0 Å². The molecule has 0 radical (unpaired) electrons. The lowest BCUT2D eigenvalue weighted by atomic mass is 10.1. The molecule has 1 aliphatic heterocycles. The first kappa shape index (κ1) is 13.2. The summed E-state index contributed by atoms with van der Waals surface area (Å²) in [5, 5.41) is 9.39. The van der Waals surface area contributed by atoms with Gasteiger partial charge in [-0.25, -0.2) is 4.79 Å². The SMILES string of the molecule is COC1CCN(c2cccc(SC)c2C(=O)O)C1. The number of hydrogen-bond acceptors (Lipinski definition) is 4. The Morgan fingerprint density at radius 1 is 1.56 bits per heavy atom. The van der Waals surface area contributed by atoms with Crippen molar-refractivity contribution >= 4 is 23.4 Å². The molecule has 5 heteroatoms. The highest BCUT2D eigenvalue weighted by atomic mass is 32.2. The number of rotatable bonds is 4. The summed E-state index contributed by atoms with van der Waals surface area (Å²) >= 11 is 1.46. The van der Waals surface area contributed by atoms with E-state index in [9.17, 15) is 9.90 Å². The van der Waals surface area contributed by atoms with Gasteiger partial charge in [-0.05, 0) is 24.8 Å². The van der Waals surface area contributed by atoms with E-state index in [2.05, 4.69) is 4.90 Å². The fraction of sp³-hybridized carbons (Fsp3) is 0.462. The van der Waals surface area contributed by atoms with E-state index in [4.69, 9.17) is 4.74 Å². The van der Waals surface area contributed by atoms with Gasteiger partial charge in [0.05, 0.1) is 17.4 Å². The van der Waals surface area contributed by atoms with Crippen molar-refractivity contribution in [2.45, 2.75) is 17.4 Å².